The first-order chi connectivity index (χ1) is 18.6. The van der Waals surface area contributed by atoms with Gasteiger partial charge in [0.25, 0.3) is 0 Å². The Morgan fingerprint density at radius 3 is 2.52 bits per heavy atom. The van der Waals surface area contributed by atoms with Gasteiger partial charge in [0.05, 0.1) is 35.0 Å². The molecule has 0 spiro atoms. The van der Waals surface area contributed by atoms with Gasteiger partial charge in [-0.2, -0.15) is 13.2 Å². The molecule has 40 heavy (non-hydrogen) atoms. The molecular weight excluding hydrogens is 560 g/mol. The van der Waals surface area contributed by atoms with Gasteiger partial charge in [0.1, 0.15) is 39.9 Å². The normalized spacial score (nSPS) is 22.4. The SMILES string of the molecule is COc1cnc(-c2cc(-c3ccc(F)c([C@]4(C)C[S@@](=O)(=NCC(F)(F)F)C(C)(C)C(NC(=O)O)=N4)c3)on2)cn1. The van der Waals surface area contributed by atoms with E-state index in [0.29, 0.717) is 17.0 Å². The Labute approximate surface area is 225 Å². The highest BCUT2D eigenvalue weighted by Gasteiger charge is 2.50. The highest BCUT2D eigenvalue weighted by molar-refractivity contribution is 7.95. The predicted octanol–water partition coefficient (Wildman–Crippen LogP) is 4.65. The van der Waals surface area contributed by atoms with E-state index in [9.17, 15) is 27.3 Å². The van der Waals surface area contributed by atoms with Crippen LogP contribution in [-0.4, -0.2) is 66.7 Å². The van der Waals surface area contributed by atoms with Gasteiger partial charge in [-0.3, -0.25) is 10.3 Å². The predicted molar refractivity (Wildman–Crippen MR) is 136 cm³/mol. The number of aliphatic imine (C=N–C) groups is 1. The molecule has 1 aromatic carbocycles. The summed E-state index contributed by atoms with van der Waals surface area (Å²) in [6, 6.07) is 5.30. The molecule has 1 amide bonds. The lowest BCUT2D eigenvalue weighted by Gasteiger charge is -2.41. The minimum absolute atomic E-state index is 0.165. The third-order valence-electron chi connectivity index (χ3n) is 6.32. The molecule has 0 aliphatic carbocycles. The molecule has 4 rings (SSSR count). The van der Waals surface area contributed by atoms with Crippen molar-refractivity contribution < 1.29 is 40.9 Å². The number of rotatable bonds is 5. The van der Waals surface area contributed by atoms with E-state index in [1.54, 1.807) is 0 Å². The lowest BCUT2D eigenvalue weighted by molar-refractivity contribution is -0.117. The van der Waals surface area contributed by atoms with Crippen LogP contribution in [0.15, 0.2) is 50.5 Å². The molecule has 2 atom stereocenters. The molecule has 0 unspecified atom stereocenters. The summed E-state index contributed by atoms with van der Waals surface area (Å²) in [6.07, 6.45) is -3.56. The average molecular weight is 585 g/mol. The highest BCUT2D eigenvalue weighted by Crippen LogP contribution is 2.41. The number of carbonyl (C=O) groups is 1. The monoisotopic (exact) mass is 584 g/mol. The van der Waals surface area contributed by atoms with Gasteiger partial charge in [-0.25, -0.2) is 27.7 Å². The van der Waals surface area contributed by atoms with E-state index in [1.165, 1.54) is 58.5 Å². The van der Waals surface area contributed by atoms with Crippen LogP contribution < -0.4 is 10.1 Å². The number of amides is 1. The summed E-state index contributed by atoms with van der Waals surface area (Å²) in [5.41, 5.74) is -0.961. The van der Waals surface area contributed by atoms with Crippen LogP contribution >= 0.6 is 0 Å². The van der Waals surface area contributed by atoms with Crippen molar-refractivity contribution in [2.45, 2.75) is 37.2 Å². The van der Waals surface area contributed by atoms with Crippen molar-refractivity contribution in [3.8, 4) is 28.6 Å². The number of nitrogens with zero attached hydrogens (tertiary/aromatic N) is 5. The summed E-state index contributed by atoms with van der Waals surface area (Å²) in [5.74, 6) is -1.37. The third kappa shape index (κ3) is 5.61. The molecule has 2 N–H and O–H groups in total. The summed E-state index contributed by atoms with van der Waals surface area (Å²) in [7, 11) is -2.43. The largest absolute Gasteiger partial charge is 0.480 e. The van der Waals surface area contributed by atoms with Crippen LogP contribution in [0.4, 0.5) is 22.4 Å². The fourth-order valence-electron chi connectivity index (χ4n) is 4.11. The van der Waals surface area contributed by atoms with E-state index in [0.717, 1.165) is 6.07 Å². The molecule has 0 saturated heterocycles. The number of benzene rings is 1. The minimum atomic E-state index is -4.77. The fourth-order valence-corrected chi connectivity index (χ4v) is 6.62. The molecule has 214 valence electrons. The van der Waals surface area contributed by atoms with Crippen molar-refractivity contribution >= 4 is 21.7 Å². The van der Waals surface area contributed by atoms with Gasteiger partial charge in [0, 0.05) is 17.2 Å². The number of methoxy groups -OCH3 is 1. The summed E-state index contributed by atoms with van der Waals surface area (Å²) in [6.45, 7) is 2.15. The Balaban J connectivity index is 1.81. The Hall–Kier alpha value is -4.08. The Morgan fingerprint density at radius 2 is 1.93 bits per heavy atom. The number of hydrogen-bond donors (Lipinski definition) is 2. The van der Waals surface area contributed by atoms with E-state index >= 15 is 4.39 Å². The number of carboxylic acid groups (broad SMARTS) is 1. The first-order valence-corrected chi connectivity index (χ1v) is 13.3. The summed E-state index contributed by atoms with van der Waals surface area (Å²) in [4.78, 5) is 24.1. The van der Waals surface area contributed by atoms with Gasteiger partial charge in [0.15, 0.2) is 5.76 Å². The van der Waals surface area contributed by atoms with Gasteiger partial charge >= 0.3 is 12.3 Å². The van der Waals surface area contributed by atoms with Crippen molar-refractivity contribution in [3.63, 3.8) is 0 Å². The Morgan fingerprint density at radius 1 is 1.20 bits per heavy atom. The van der Waals surface area contributed by atoms with Crippen LogP contribution in [0.5, 0.6) is 5.88 Å². The number of aromatic nitrogens is 3. The van der Waals surface area contributed by atoms with Gasteiger partial charge in [-0.1, -0.05) is 5.16 Å². The second-order valence-corrected chi connectivity index (χ2v) is 12.4. The van der Waals surface area contributed by atoms with E-state index in [-0.39, 0.29) is 17.2 Å². The topological polar surface area (TPSA) is 152 Å². The Kier molecular flexibility index (Phi) is 7.34. The quantitative estimate of drug-likeness (QED) is 0.411. The van der Waals surface area contributed by atoms with E-state index < -0.39 is 56.2 Å². The van der Waals surface area contributed by atoms with E-state index in [1.807, 2.05) is 5.32 Å². The van der Waals surface area contributed by atoms with Crippen molar-refractivity contribution in [2.75, 3.05) is 19.4 Å². The zero-order chi connectivity index (χ0) is 29.5. The van der Waals surface area contributed by atoms with Gasteiger partial charge in [-0.05, 0) is 39.0 Å². The second kappa shape index (κ2) is 10.1. The zero-order valence-electron chi connectivity index (χ0n) is 21.6. The molecule has 1 aliphatic rings. The molecule has 2 aromatic heterocycles. The van der Waals surface area contributed by atoms with Crippen molar-refractivity contribution in [1.29, 1.82) is 0 Å². The zero-order valence-corrected chi connectivity index (χ0v) is 22.4. The maximum absolute atomic E-state index is 15.3. The average Bonchev–Trinajstić information content (AvgIpc) is 3.36. The summed E-state index contributed by atoms with van der Waals surface area (Å²) < 4.78 is 80.6. The Bertz CT molecular complexity index is 1600. The van der Waals surface area contributed by atoms with Crippen LogP contribution in [0, 0.1) is 5.82 Å². The fraction of sp³-hybridized carbons (Fsp3) is 0.375. The van der Waals surface area contributed by atoms with E-state index in [2.05, 4.69) is 24.5 Å². The third-order valence-corrected chi connectivity index (χ3v) is 9.61. The minimum Gasteiger partial charge on any atom is -0.480 e. The first-order valence-electron chi connectivity index (χ1n) is 11.6. The lowest BCUT2D eigenvalue weighted by atomic mass is 9.91. The molecule has 1 aliphatic heterocycles. The summed E-state index contributed by atoms with van der Waals surface area (Å²) >= 11 is 0. The number of hydrogen-bond acceptors (Lipinski definition) is 9. The van der Waals surface area contributed by atoms with Gasteiger partial charge < -0.3 is 14.4 Å². The van der Waals surface area contributed by atoms with Crippen molar-refractivity contribution in [3.05, 3.63) is 48.0 Å². The van der Waals surface area contributed by atoms with Crippen LogP contribution in [0.3, 0.4) is 0 Å². The molecule has 0 bridgehead atoms. The van der Waals surface area contributed by atoms with Gasteiger partial charge in [-0.15, -0.1) is 0 Å². The maximum atomic E-state index is 15.3. The molecule has 3 aromatic rings. The smallest absolute Gasteiger partial charge is 0.410 e. The number of halogens is 4. The first kappa shape index (κ1) is 28.9. The van der Waals surface area contributed by atoms with Crippen molar-refractivity contribution in [1.82, 2.24) is 20.4 Å². The molecule has 0 saturated carbocycles. The van der Waals surface area contributed by atoms with Crippen LogP contribution in [0.2, 0.25) is 0 Å². The number of nitrogens with one attached hydrogen (secondary N) is 1. The molecule has 11 nitrogen and oxygen atoms in total. The van der Waals surface area contributed by atoms with Crippen LogP contribution in [0.1, 0.15) is 26.3 Å². The maximum Gasteiger partial charge on any atom is 0.410 e. The molecular formula is C24H24F4N6O5S. The molecule has 3 heterocycles. The molecule has 16 heteroatoms. The van der Waals surface area contributed by atoms with Gasteiger partial charge in [0.2, 0.25) is 5.88 Å². The second-order valence-electron chi connectivity index (χ2n) is 9.58. The van der Waals surface area contributed by atoms with Crippen LogP contribution in [0.25, 0.3) is 22.7 Å². The van der Waals surface area contributed by atoms with Crippen molar-refractivity contribution in [2.24, 2.45) is 9.36 Å². The number of ether oxygens (including phenoxy) is 1. The van der Waals surface area contributed by atoms with E-state index in [4.69, 9.17) is 9.26 Å². The summed E-state index contributed by atoms with van der Waals surface area (Å²) in [5, 5.41) is 15.3. The highest BCUT2D eigenvalue weighted by atomic mass is 32.2. The molecule has 0 fully saturated rings. The standard InChI is InChI=1S/C24H24F4N6O5S/c1-22(2)20(32-21(35)36)33-23(3,12-40(22,37)31-11-24(26,27)28)14-7-13(5-6-15(14)25)18-8-16(34-39-18)17-9-30-19(38-4)10-29-17/h5-10H,11-12H2,1-4H3,(H,32,33)(H,35,36)/t23-,40-/m0/s1. The number of alkyl halides is 3. The lowest BCUT2D eigenvalue weighted by Crippen LogP contribution is -2.57. The number of amidine groups is 1. The van der Waals surface area contributed by atoms with Crippen LogP contribution in [-0.2, 0) is 15.3 Å². The molecule has 0 radical (unpaired) electrons.